The van der Waals surface area contributed by atoms with Crippen LogP contribution in [0.2, 0.25) is 0 Å². The number of ether oxygens (including phenoxy) is 1. The predicted octanol–water partition coefficient (Wildman–Crippen LogP) is 5.84. The van der Waals surface area contributed by atoms with E-state index in [-0.39, 0.29) is 24.6 Å². The number of hydrogen-bond donors (Lipinski definition) is 0. The lowest BCUT2D eigenvalue weighted by Gasteiger charge is -2.31. The van der Waals surface area contributed by atoms with Gasteiger partial charge in [-0.2, -0.15) is 18.3 Å². The first kappa shape index (κ1) is 29.1. The second-order valence-corrected chi connectivity index (χ2v) is 10.6. The zero-order valence-electron chi connectivity index (χ0n) is 24.4. The van der Waals surface area contributed by atoms with Crippen LogP contribution in [-0.2, 0) is 37.3 Å². The molecule has 0 atom stereocenters. The number of rotatable bonds is 7. The summed E-state index contributed by atoms with van der Waals surface area (Å²) >= 11 is 0. The largest absolute Gasteiger partial charge is 0.462 e. The highest BCUT2D eigenvalue weighted by Gasteiger charge is 2.39. The van der Waals surface area contributed by atoms with Gasteiger partial charge in [-0.05, 0) is 72.4 Å². The molecule has 0 spiro atoms. The summed E-state index contributed by atoms with van der Waals surface area (Å²) < 4.78 is 50.5. The first-order valence-corrected chi connectivity index (χ1v) is 14.2. The number of aromatic nitrogens is 5. The van der Waals surface area contributed by atoms with Gasteiger partial charge in [0.1, 0.15) is 0 Å². The molecule has 12 heteroatoms. The fraction of sp³-hybridized carbons (Fsp3) is 0.281. The van der Waals surface area contributed by atoms with Crippen molar-refractivity contribution in [2.24, 2.45) is 7.05 Å². The summed E-state index contributed by atoms with van der Waals surface area (Å²) in [6.45, 7) is 4.41. The number of fused-ring (bicyclic) bond motifs is 2. The lowest BCUT2D eigenvalue weighted by atomic mass is 9.87. The third-order valence-corrected chi connectivity index (χ3v) is 7.76. The monoisotopic (exact) mass is 602 g/mol. The summed E-state index contributed by atoms with van der Waals surface area (Å²) in [7, 11) is 1.44. The van der Waals surface area contributed by atoms with Gasteiger partial charge >= 0.3 is 12.1 Å². The summed E-state index contributed by atoms with van der Waals surface area (Å²) in [4.78, 5) is 37.3. The molecule has 1 aliphatic rings. The van der Waals surface area contributed by atoms with E-state index in [1.54, 1.807) is 65.6 Å². The minimum atomic E-state index is -4.68. The fourth-order valence-corrected chi connectivity index (χ4v) is 5.81. The van der Waals surface area contributed by atoms with Crippen molar-refractivity contribution in [3.05, 3.63) is 95.0 Å². The van der Waals surface area contributed by atoms with E-state index < -0.39 is 17.8 Å². The molecular formula is C32H29F3N6O3. The Kier molecular flexibility index (Phi) is 7.44. The zero-order valence-corrected chi connectivity index (χ0v) is 24.4. The molecule has 5 aromatic rings. The summed E-state index contributed by atoms with van der Waals surface area (Å²) in [5.41, 5.74) is 2.88. The summed E-state index contributed by atoms with van der Waals surface area (Å²) in [6, 6.07) is 8.83. The van der Waals surface area contributed by atoms with Crippen LogP contribution in [0.15, 0.2) is 61.4 Å². The SMILES string of the molecule is CCOC(=O)c1cc(CC)cc2c(N3CCc4c(cc(Cn5ccnc5)cc4-c4cn(C)nc4C(F)(F)F)C3=O)ccnc12. The van der Waals surface area contributed by atoms with Gasteiger partial charge in [0, 0.05) is 61.4 Å². The molecular weight excluding hydrogens is 573 g/mol. The topological polar surface area (TPSA) is 95.1 Å². The Balaban J connectivity index is 1.52. The Morgan fingerprint density at radius 1 is 1.05 bits per heavy atom. The number of benzene rings is 2. The Hall–Kier alpha value is -5.00. The smallest absolute Gasteiger partial charge is 0.435 e. The van der Waals surface area contributed by atoms with Crippen molar-refractivity contribution < 1.29 is 27.5 Å². The number of nitrogens with zero attached hydrogens (tertiary/aromatic N) is 6. The van der Waals surface area contributed by atoms with E-state index in [0.717, 1.165) is 10.2 Å². The highest BCUT2D eigenvalue weighted by molar-refractivity contribution is 6.15. The number of aryl methyl sites for hydroxylation is 2. The van der Waals surface area contributed by atoms with Crippen LogP contribution in [0.3, 0.4) is 0 Å². The Morgan fingerprint density at radius 3 is 2.55 bits per heavy atom. The normalized spacial score (nSPS) is 13.4. The molecule has 0 fully saturated rings. The van der Waals surface area contributed by atoms with Crippen molar-refractivity contribution in [3.63, 3.8) is 0 Å². The van der Waals surface area contributed by atoms with Gasteiger partial charge in [-0.15, -0.1) is 0 Å². The van der Waals surface area contributed by atoms with Crippen LogP contribution >= 0.6 is 0 Å². The van der Waals surface area contributed by atoms with Crippen LogP contribution < -0.4 is 4.90 Å². The van der Waals surface area contributed by atoms with Crippen molar-refractivity contribution in [2.45, 2.75) is 39.4 Å². The van der Waals surface area contributed by atoms with E-state index in [1.807, 2.05) is 13.0 Å². The van der Waals surface area contributed by atoms with Crippen LogP contribution in [0.1, 0.15) is 56.9 Å². The molecule has 1 amide bonds. The number of halogens is 3. The Labute approximate surface area is 250 Å². The molecule has 0 unspecified atom stereocenters. The lowest BCUT2D eigenvalue weighted by molar-refractivity contribution is -0.141. The first-order chi connectivity index (χ1) is 21.1. The number of alkyl halides is 3. The molecule has 0 saturated carbocycles. The minimum Gasteiger partial charge on any atom is -0.462 e. The number of imidazole rings is 1. The van der Waals surface area contributed by atoms with E-state index in [9.17, 15) is 22.8 Å². The molecule has 6 rings (SSSR count). The first-order valence-electron chi connectivity index (χ1n) is 14.2. The van der Waals surface area contributed by atoms with Crippen molar-refractivity contribution in [1.82, 2.24) is 24.3 Å². The molecule has 0 aliphatic carbocycles. The predicted molar refractivity (Wildman–Crippen MR) is 157 cm³/mol. The maximum absolute atomic E-state index is 14.3. The molecule has 9 nitrogen and oxygen atoms in total. The fourth-order valence-electron chi connectivity index (χ4n) is 5.81. The van der Waals surface area contributed by atoms with Crippen LogP contribution in [0, 0.1) is 0 Å². The number of carbonyl (C=O) groups is 2. The highest BCUT2D eigenvalue weighted by Crippen LogP contribution is 2.41. The van der Waals surface area contributed by atoms with Crippen molar-refractivity contribution in [2.75, 3.05) is 18.1 Å². The van der Waals surface area contributed by atoms with E-state index in [2.05, 4.69) is 15.1 Å². The summed E-state index contributed by atoms with van der Waals surface area (Å²) in [6.07, 6.45) is 4.10. The van der Waals surface area contributed by atoms with Crippen molar-refractivity contribution in [3.8, 4) is 11.1 Å². The molecule has 1 aliphatic heterocycles. The third-order valence-electron chi connectivity index (χ3n) is 7.76. The summed E-state index contributed by atoms with van der Waals surface area (Å²) in [5, 5.41) is 4.34. The van der Waals surface area contributed by atoms with Crippen LogP contribution in [0.5, 0.6) is 0 Å². The molecule has 226 valence electrons. The number of pyridine rings is 1. The van der Waals surface area contributed by atoms with Crippen LogP contribution in [-0.4, -0.2) is 49.3 Å². The van der Waals surface area contributed by atoms with Gasteiger partial charge < -0.3 is 14.2 Å². The van der Waals surface area contributed by atoms with Gasteiger partial charge in [0.2, 0.25) is 0 Å². The number of hydrogen-bond acceptors (Lipinski definition) is 6. The number of amides is 1. The summed E-state index contributed by atoms with van der Waals surface area (Å²) in [5.74, 6) is -0.858. The molecule has 0 saturated heterocycles. The quantitative estimate of drug-likeness (QED) is 0.217. The van der Waals surface area contributed by atoms with E-state index in [1.165, 1.54) is 13.2 Å². The standard InChI is InChI=1S/C32H29F3N6O3/c1-4-19-12-24-27(6-8-37-28(24)25(13-19)31(43)44-5-2)41-10-7-21-22(26-17-39(3)38-29(26)32(33,34)35)14-20(15-23(21)30(41)42)16-40-11-9-36-18-40/h6,8-9,11-15,17-18H,4-5,7,10,16H2,1-3H3. The zero-order chi connectivity index (χ0) is 31.2. The average molecular weight is 603 g/mol. The van der Waals surface area contributed by atoms with E-state index in [0.29, 0.717) is 63.8 Å². The van der Waals surface area contributed by atoms with Gasteiger partial charge in [-0.25, -0.2) is 9.78 Å². The number of esters is 1. The Morgan fingerprint density at radius 2 is 1.84 bits per heavy atom. The molecule has 3 aromatic heterocycles. The molecule has 44 heavy (non-hydrogen) atoms. The average Bonchev–Trinajstić information content (AvgIpc) is 3.66. The van der Waals surface area contributed by atoms with E-state index in [4.69, 9.17) is 4.74 Å². The van der Waals surface area contributed by atoms with E-state index >= 15 is 0 Å². The Bertz CT molecular complexity index is 1900. The van der Waals surface area contributed by atoms with Crippen molar-refractivity contribution >= 4 is 28.5 Å². The second kappa shape index (κ2) is 11.3. The number of carbonyl (C=O) groups excluding carboxylic acids is 2. The van der Waals surface area contributed by atoms with Gasteiger partial charge in [0.15, 0.2) is 5.69 Å². The van der Waals surface area contributed by atoms with Crippen LogP contribution in [0.25, 0.3) is 22.0 Å². The molecule has 0 radical (unpaired) electrons. The molecule has 0 bridgehead atoms. The highest BCUT2D eigenvalue weighted by atomic mass is 19.4. The molecule has 0 N–H and O–H groups in total. The number of anilines is 1. The maximum Gasteiger partial charge on any atom is 0.435 e. The van der Waals surface area contributed by atoms with Gasteiger partial charge in [-0.1, -0.05) is 6.92 Å². The van der Waals surface area contributed by atoms with Gasteiger partial charge in [0.05, 0.1) is 29.7 Å². The van der Waals surface area contributed by atoms with Crippen LogP contribution in [0.4, 0.5) is 18.9 Å². The molecule has 4 heterocycles. The van der Waals surface area contributed by atoms with Gasteiger partial charge in [-0.3, -0.25) is 14.5 Å². The second-order valence-electron chi connectivity index (χ2n) is 10.6. The van der Waals surface area contributed by atoms with Gasteiger partial charge in [0.25, 0.3) is 5.91 Å². The molecule has 2 aromatic carbocycles. The maximum atomic E-state index is 14.3. The third kappa shape index (κ3) is 5.20. The lowest BCUT2D eigenvalue weighted by Crippen LogP contribution is -2.38. The van der Waals surface area contributed by atoms with Crippen molar-refractivity contribution in [1.29, 1.82) is 0 Å². The minimum absolute atomic E-state index is 0.0778.